The van der Waals surface area contributed by atoms with Gasteiger partial charge >= 0.3 is 6.18 Å². The van der Waals surface area contributed by atoms with Crippen LogP contribution >= 0.6 is 0 Å². The van der Waals surface area contributed by atoms with Crippen LogP contribution in [0.1, 0.15) is 31.1 Å². The monoisotopic (exact) mass is 299 g/mol. The van der Waals surface area contributed by atoms with Crippen LogP contribution in [0.5, 0.6) is 0 Å². The van der Waals surface area contributed by atoms with Crippen LogP contribution in [-0.2, 0) is 6.18 Å². The van der Waals surface area contributed by atoms with Gasteiger partial charge in [0.1, 0.15) is 5.69 Å². The summed E-state index contributed by atoms with van der Waals surface area (Å²) in [7, 11) is 0. The van der Waals surface area contributed by atoms with E-state index in [0.29, 0.717) is 0 Å². The van der Waals surface area contributed by atoms with E-state index in [0.717, 1.165) is 17.8 Å². The lowest BCUT2D eigenvalue weighted by molar-refractivity contribution is -0.141. The highest BCUT2D eigenvalue weighted by Crippen LogP contribution is 2.27. The molecule has 2 atom stereocenters. The topological polar surface area (TPSA) is 55.6 Å². The average Bonchev–Trinajstić information content (AvgIpc) is 2.84. The van der Waals surface area contributed by atoms with Crippen LogP contribution in [0.4, 0.5) is 19.1 Å². The average molecular weight is 299 g/mol. The summed E-state index contributed by atoms with van der Waals surface area (Å²) < 4.78 is 39.5. The maximum Gasteiger partial charge on any atom is 0.433 e. The molecule has 0 saturated heterocycles. The number of rotatable bonds is 4. The number of halogens is 3. The van der Waals surface area contributed by atoms with E-state index in [1.54, 1.807) is 10.9 Å². The van der Waals surface area contributed by atoms with Gasteiger partial charge in [0.05, 0.1) is 12.2 Å². The van der Waals surface area contributed by atoms with Crippen molar-refractivity contribution in [2.75, 3.05) is 5.32 Å². The van der Waals surface area contributed by atoms with Crippen molar-refractivity contribution in [3.8, 4) is 0 Å². The first-order chi connectivity index (χ1) is 9.77. The highest BCUT2D eigenvalue weighted by Gasteiger charge is 2.33. The number of nitrogens with zero attached hydrogens (tertiary/aromatic N) is 4. The molecule has 0 aliphatic carbocycles. The van der Waals surface area contributed by atoms with Crippen LogP contribution in [-0.4, -0.2) is 25.8 Å². The molecule has 0 aliphatic rings. The summed E-state index contributed by atoms with van der Waals surface area (Å²) in [6.45, 7) is 5.67. The fourth-order valence-corrected chi connectivity index (χ4v) is 1.80. The zero-order chi connectivity index (χ0) is 15.6. The van der Waals surface area contributed by atoms with Gasteiger partial charge in [0, 0.05) is 18.4 Å². The fourth-order valence-electron chi connectivity index (χ4n) is 1.80. The molecule has 0 aromatic carbocycles. The van der Waals surface area contributed by atoms with Crippen LogP contribution in [0.2, 0.25) is 0 Å². The number of anilines is 1. The predicted octanol–water partition coefficient (Wildman–Crippen LogP) is 3.06. The smallest absolute Gasteiger partial charge is 0.350 e. The van der Waals surface area contributed by atoms with Crippen LogP contribution in [0.15, 0.2) is 24.7 Å². The Labute approximate surface area is 120 Å². The molecule has 5 nitrogen and oxygen atoms in total. The van der Waals surface area contributed by atoms with E-state index in [1.165, 1.54) is 0 Å². The normalized spacial score (nSPS) is 14.8. The Balaban J connectivity index is 2.10. The molecule has 2 aromatic rings. The van der Waals surface area contributed by atoms with E-state index < -0.39 is 11.9 Å². The summed E-state index contributed by atoms with van der Waals surface area (Å²) >= 11 is 0. The Morgan fingerprint density at radius 3 is 2.57 bits per heavy atom. The van der Waals surface area contributed by atoms with Crippen molar-refractivity contribution in [3.05, 3.63) is 35.9 Å². The zero-order valence-corrected chi connectivity index (χ0v) is 11.9. The Bertz CT molecular complexity index is 608. The largest absolute Gasteiger partial charge is 0.433 e. The lowest BCUT2D eigenvalue weighted by Crippen LogP contribution is -2.28. The van der Waals surface area contributed by atoms with Gasteiger partial charge in [0.25, 0.3) is 0 Å². The quantitative estimate of drug-likeness (QED) is 0.942. The standard InChI is InChI=1S/C13H16F3N5/c1-8-6-18-21(7-8)10(3)9(2)19-12-17-5-4-11(20-12)13(14,15)16/h4-7,9-10H,1-3H3,(H,17,19,20). The second kappa shape index (κ2) is 5.71. The van der Waals surface area contributed by atoms with Crippen LogP contribution < -0.4 is 5.32 Å². The predicted molar refractivity (Wildman–Crippen MR) is 71.8 cm³/mol. The van der Waals surface area contributed by atoms with Gasteiger partial charge < -0.3 is 5.32 Å². The number of nitrogens with one attached hydrogen (secondary N) is 1. The Morgan fingerprint density at radius 1 is 1.29 bits per heavy atom. The van der Waals surface area contributed by atoms with Crippen molar-refractivity contribution in [2.24, 2.45) is 0 Å². The molecule has 0 bridgehead atoms. The first-order valence-corrected chi connectivity index (χ1v) is 6.45. The first-order valence-electron chi connectivity index (χ1n) is 6.45. The highest BCUT2D eigenvalue weighted by atomic mass is 19.4. The summed E-state index contributed by atoms with van der Waals surface area (Å²) in [5.74, 6) is -0.0481. The molecule has 0 aliphatic heterocycles. The zero-order valence-electron chi connectivity index (χ0n) is 11.9. The lowest BCUT2D eigenvalue weighted by Gasteiger charge is -2.22. The molecule has 0 radical (unpaired) electrons. The molecule has 8 heteroatoms. The van der Waals surface area contributed by atoms with Gasteiger partial charge in [-0.25, -0.2) is 9.97 Å². The molecule has 2 heterocycles. The maximum absolute atomic E-state index is 12.6. The summed E-state index contributed by atoms with van der Waals surface area (Å²) in [6.07, 6.45) is 0.209. The van der Waals surface area contributed by atoms with Crippen molar-refractivity contribution in [1.82, 2.24) is 19.7 Å². The molecule has 0 spiro atoms. The molecular weight excluding hydrogens is 283 g/mol. The van der Waals surface area contributed by atoms with E-state index in [4.69, 9.17) is 0 Å². The van der Waals surface area contributed by atoms with Crippen molar-refractivity contribution in [1.29, 1.82) is 0 Å². The van der Waals surface area contributed by atoms with Gasteiger partial charge in [-0.2, -0.15) is 18.3 Å². The molecule has 1 N–H and O–H groups in total. The number of aromatic nitrogens is 4. The summed E-state index contributed by atoms with van der Waals surface area (Å²) in [5.41, 5.74) is 0.0548. The van der Waals surface area contributed by atoms with Crippen LogP contribution in [0.25, 0.3) is 0 Å². The number of alkyl halides is 3. The highest BCUT2D eigenvalue weighted by molar-refractivity contribution is 5.27. The number of aryl methyl sites for hydroxylation is 1. The van der Waals surface area contributed by atoms with E-state index in [2.05, 4.69) is 20.4 Å². The van der Waals surface area contributed by atoms with Crippen LogP contribution in [0.3, 0.4) is 0 Å². The molecule has 2 aromatic heterocycles. The van der Waals surface area contributed by atoms with E-state index in [-0.39, 0.29) is 18.0 Å². The lowest BCUT2D eigenvalue weighted by atomic mass is 10.2. The second-order valence-corrected chi connectivity index (χ2v) is 4.93. The molecule has 0 saturated carbocycles. The molecule has 2 unspecified atom stereocenters. The summed E-state index contributed by atoms with van der Waals surface area (Å²) in [4.78, 5) is 7.31. The van der Waals surface area contributed by atoms with Crippen molar-refractivity contribution in [3.63, 3.8) is 0 Å². The summed E-state index contributed by atoms with van der Waals surface area (Å²) in [5, 5.41) is 7.07. The van der Waals surface area contributed by atoms with Crippen molar-refractivity contribution < 1.29 is 13.2 Å². The van der Waals surface area contributed by atoms with E-state index >= 15 is 0 Å². The Hall–Kier alpha value is -2.12. The third kappa shape index (κ3) is 3.71. The van der Waals surface area contributed by atoms with Gasteiger partial charge in [-0.1, -0.05) is 0 Å². The Kier molecular flexibility index (Phi) is 4.15. The maximum atomic E-state index is 12.6. The molecule has 2 rings (SSSR count). The molecule has 114 valence electrons. The minimum Gasteiger partial charge on any atom is -0.350 e. The molecule has 0 fully saturated rings. The van der Waals surface area contributed by atoms with Crippen molar-refractivity contribution >= 4 is 5.95 Å². The van der Waals surface area contributed by atoms with Gasteiger partial charge in [0.2, 0.25) is 5.95 Å². The third-order valence-electron chi connectivity index (χ3n) is 3.17. The third-order valence-corrected chi connectivity index (χ3v) is 3.17. The van der Waals surface area contributed by atoms with Gasteiger partial charge in [-0.05, 0) is 32.4 Å². The minimum absolute atomic E-state index is 0.0481. The second-order valence-electron chi connectivity index (χ2n) is 4.93. The van der Waals surface area contributed by atoms with Gasteiger partial charge in [-0.3, -0.25) is 4.68 Å². The fraction of sp³-hybridized carbons (Fsp3) is 0.462. The van der Waals surface area contributed by atoms with Gasteiger partial charge in [0.15, 0.2) is 0 Å². The SMILES string of the molecule is Cc1cnn(C(C)C(C)Nc2nccc(C(F)(F)F)n2)c1. The Morgan fingerprint density at radius 2 is 2.00 bits per heavy atom. The first kappa shape index (κ1) is 15.3. The molecule has 21 heavy (non-hydrogen) atoms. The van der Waals surface area contributed by atoms with Gasteiger partial charge in [-0.15, -0.1) is 0 Å². The molecule has 0 amide bonds. The van der Waals surface area contributed by atoms with Crippen molar-refractivity contribution in [2.45, 2.75) is 39.0 Å². The van der Waals surface area contributed by atoms with E-state index in [1.807, 2.05) is 27.0 Å². The minimum atomic E-state index is -4.48. The summed E-state index contributed by atoms with van der Waals surface area (Å²) in [6, 6.07) is 0.598. The number of hydrogen-bond donors (Lipinski definition) is 1. The van der Waals surface area contributed by atoms with E-state index in [9.17, 15) is 13.2 Å². The number of hydrogen-bond acceptors (Lipinski definition) is 4. The van der Waals surface area contributed by atoms with Crippen LogP contribution in [0, 0.1) is 6.92 Å². The molecular formula is C13H16F3N5.